The molecule has 0 radical (unpaired) electrons. The number of ether oxygens (including phenoxy) is 1. The Hall–Kier alpha value is -1.49. The Morgan fingerprint density at radius 1 is 1.52 bits per heavy atom. The van der Waals surface area contributed by atoms with E-state index in [1.807, 2.05) is 33.0 Å². The summed E-state index contributed by atoms with van der Waals surface area (Å²) in [6.07, 6.45) is 3.73. The van der Waals surface area contributed by atoms with Gasteiger partial charge in [0.15, 0.2) is 0 Å². The highest BCUT2D eigenvalue weighted by atomic mass is 16.6. The number of nitrogens with zero attached hydrogens (tertiary/aromatic N) is 1. The maximum Gasteiger partial charge on any atom is 0.407 e. The van der Waals surface area contributed by atoms with Crippen LogP contribution in [-0.2, 0) is 4.74 Å². The zero-order valence-electron chi connectivity index (χ0n) is 13.5. The second-order valence-corrected chi connectivity index (χ2v) is 6.78. The molecule has 0 aliphatic carbocycles. The molecule has 2 atom stereocenters. The normalized spacial score (nSPS) is 21.8. The Bertz CT molecular complexity index is 451. The first-order valence-corrected chi connectivity index (χ1v) is 7.72. The van der Waals surface area contributed by atoms with E-state index in [4.69, 9.17) is 4.74 Å². The van der Waals surface area contributed by atoms with Gasteiger partial charge < -0.3 is 15.0 Å². The lowest BCUT2D eigenvalue weighted by Gasteiger charge is -2.37. The molecule has 5 nitrogen and oxygen atoms in total. The molecule has 21 heavy (non-hydrogen) atoms. The molecule has 1 fully saturated rings. The molecule has 1 aromatic rings. The number of amides is 1. The summed E-state index contributed by atoms with van der Waals surface area (Å²) in [5.41, 5.74) is 0.767. The van der Waals surface area contributed by atoms with Gasteiger partial charge in [-0.25, -0.2) is 4.79 Å². The SMILES string of the molecule is C[C@@H](c1ccc[nH]1)N1CCC[C@H](NC(=O)OC(C)(C)C)C1. The van der Waals surface area contributed by atoms with Crippen molar-refractivity contribution in [3.8, 4) is 0 Å². The van der Waals surface area contributed by atoms with E-state index in [2.05, 4.69) is 28.2 Å². The van der Waals surface area contributed by atoms with Crippen molar-refractivity contribution >= 4 is 6.09 Å². The summed E-state index contributed by atoms with van der Waals surface area (Å²) in [6.45, 7) is 9.76. The second kappa shape index (κ2) is 6.52. The van der Waals surface area contributed by atoms with Gasteiger partial charge in [-0.15, -0.1) is 0 Å². The van der Waals surface area contributed by atoms with Crippen molar-refractivity contribution in [1.29, 1.82) is 0 Å². The summed E-state index contributed by atoms with van der Waals surface area (Å²) in [6, 6.07) is 4.62. The van der Waals surface area contributed by atoms with Gasteiger partial charge in [0.1, 0.15) is 5.60 Å². The summed E-state index contributed by atoms with van der Waals surface area (Å²) in [7, 11) is 0. The van der Waals surface area contributed by atoms with Gasteiger partial charge in [-0.2, -0.15) is 0 Å². The Labute approximate surface area is 127 Å². The Kier molecular flexibility index (Phi) is 4.93. The van der Waals surface area contributed by atoms with Gasteiger partial charge >= 0.3 is 6.09 Å². The monoisotopic (exact) mass is 293 g/mol. The maximum absolute atomic E-state index is 11.9. The molecule has 2 heterocycles. The Morgan fingerprint density at radius 2 is 2.29 bits per heavy atom. The van der Waals surface area contributed by atoms with Crippen LogP contribution < -0.4 is 5.32 Å². The minimum Gasteiger partial charge on any atom is -0.444 e. The van der Waals surface area contributed by atoms with E-state index in [1.165, 1.54) is 5.69 Å². The lowest BCUT2D eigenvalue weighted by molar-refractivity contribution is 0.0457. The van der Waals surface area contributed by atoms with E-state index in [0.717, 1.165) is 25.9 Å². The van der Waals surface area contributed by atoms with Crippen molar-refractivity contribution < 1.29 is 9.53 Å². The van der Waals surface area contributed by atoms with Gasteiger partial charge in [0, 0.05) is 30.5 Å². The molecule has 118 valence electrons. The summed E-state index contributed by atoms with van der Waals surface area (Å²) >= 11 is 0. The highest BCUT2D eigenvalue weighted by Crippen LogP contribution is 2.23. The summed E-state index contributed by atoms with van der Waals surface area (Å²) in [5.74, 6) is 0. The number of aromatic nitrogens is 1. The molecule has 0 saturated carbocycles. The quantitative estimate of drug-likeness (QED) is 0.900. The average molecular weight is 293 g/mol. The largest absolute Gasteiger partial charge is 0.444 e. The number of carbonyl (C=O) groups excluding carboxylic acids is 1. The molecule has 1 aliphatic rings. The minimum atomic E-state index is -0.448. The maximum atomic E-state index is 11.9. The molecule has 0 bridgehead atoms. The number of carbonyl (C=O) groups is 1. The fraction of sp³-hybridized carbons (Fsp3) is 0.688. The smallest absolute Gasteiger partial charge is 0.407 e. The van der Waals surface area contributed by atoms with Crippen LogP contribution in [0.5, 0.6) is 0 Å². The van der Waals surface area contributed by atoms with Crippen LogP contribution in [0.3, 0.4) is 0 Å². The lowest BCUT2D eigenvalue weighted by atomic mass is 10.0. The standard InChI is InChI=1S/C16H27N3O2/c1-12(14-8-5-9-17-14)19-10-6-7-13(11-19)18-15(20)21-16(2,3)4/h5,8-9,12-13,17H,6-7,10-11H2,1-4H3,(H,18,20)/t12-,13-/m0/s1. The molecule has 1 amide bonds. The van der Waals surface area contributed by atoms with Crippen LogP contribution in [0.1, 0.15) is 52.3 Å². The van der Waals surface area contributed by atoms with E-state index < -0.39 is 5.60 Å². The van der Waals surface area contributed by atoms with Crippen molar-refractivity contribution in [2.24, 2.45) is 0 Å². The predicted molar refractivity (Wildman–Crippen MR) is 83.2 cm³/mol. The summed E-state index contributed by atoms with van der Waals surface area (Å²) < 4.78 is 5.33. The highest BCUT2D eigenvalue weighted by Gasteiger charge is 2.27. The third-order valence-electron chi connectivity index (χ3n) is 3.79. The number of H-pyrrole nitrogens is 1. The van der Waals surface area contributed by atoms with Crippen LogP contribution in [0.25, 0.3) is 0 Å². The molecule has 0 unspecified atom stereocenters. The van der Waals surface area contributed by atoms with Crippen LogP contribution in [-0.4, -0.2) is 40.7 Å². The molecule has 1 aliphatic heterocycles. The molecule has 0 spiro atoms. The van der Waals surface area contributed by atoms with E-state index >= 15 is 0 Å². The van der Waals surface area contributed by atoms with Crippen LogP contribution in [0, 0.1) is 0 Å². The van der Waals surface area contributed by atoms with Crippen LogP contribution >= 0.6 is 0 Å². The van der Waals surface area contributed by atoms with Gasteiger partial charge in [0.05, 0.1) is 0 Å². The van der Waals surface area contributed by atoms with Gasteiger partial charge in [-0.05, 0) is 59.2 Å². The zero-order chi connectivity index (χ0) is 15.5. The zero-order valence-corrected chi connectivity index (χ0v) is 13.5. The number of likely N-dealkylation sites (tertiary alicyclic amines) is 1. The third kappa shape index (κ3) is 4.77. The number of aromatic amines is 1. The van der Waals surface area contributed by atoms with E-state index in [-0.39, 0.29) is 12.1 Å². The summed E-state index contributed by atoms with van der Waals surface area (Å²) in [5, 5.41) is 2.99. The van der Waals surface area contributed by atoms with Gasteiger partial charge in [-0.1, -0.05) is 0 Å². The van der Waals surface area contributed by atoms with Crippen molar-refractivity contribution in [2.75, 3.05) is 13.1 Å². The number of hydrogen-bond acceptors (Lipinski definition) is 3. The van der Waals surface area contributed by atoms with E-state index in [9.17, 15) is 4.79 Å². The van der Waals surface area contributed by atoms with E-state index in [1.54, 1.807) is 0 Å². The third-order valence-corrected chi connectivity index (χ3v) is 3.79. The first-order valence-electron chi connectivity index (χ1n) is 7.72. The number of alkyl carbamates (subject to hydrolysis) is 1. The number of hydrogen-bond donors (Lipinski definition) is 2. The number of nitrogens with one attached hydrogen (secondary N) is 2. The van der Waals surface area contributed by atoms with Gasteiger partial charge in [0.2, 0.25) is 0 Å². The Balaban J connectivity index is 1.87. The van der Waals surface area contributed by atoms with Gasteiger partial charge in [0.25, 0.3) is 0 Å². The molecular weight excluding hydrogens is 266 g/mol. The first-order chi connectivity index (χ1) is 9.85. The fourth-order valence-electron chi connectivity index (χ4n) is 2.75. The Morgan fingerprint density at radius 3 is 2.90 bits per heavy atom. The highest BCUT2D eigenvalue weighted by molar-refractivity contribution is 5.68. The van der Waals surface area contributed by atoms with Gasteiger partial charge in [-0.3, -0.25) is 4.90 Å². The van der Waals surface area contributed by atoms with Crippen LogP contribution in [0.2, 0.25) is 0 Å². The second-order valence-electron chi connectivity index (χ2n) is 6.78. The molecule has 2 rings (SSSR count). The lowest BCUT2D eigenvalue weighted by Crippen LogP contribution is -2.49. The predicted octanol–water partition coefficient (Wildman–Crippen LogP) is 3.06. The molecule has 0 aromatic carbocycles. The molecule has 1 saturated heterocycles. The van der Waals surface area contributed by atoms with Crippen LogP contribution in [0.4, 0.5) is 4.79 Å². The molecule has 2 N–H and O–H groups in total. The van der Waals surface area contributed by atoms with Crippen molar-refractivity contribution in [3.63, 3.8) is 0 Å². The van der Waals surface area contributed by atoms with E-state index in [0.29, 0.717) is 6.04 Å². The summed E-state index contributed by atoms with van der Waals surface area (Å²) in [4.78, 5) is 17.5. The number of rotatable bonds is 3. The molecule has 1 aromatic heterocycles. The average Bonchev–Trinajstić information content (AvgIpc) is 2.89. The molecular formula is C16H27N3O2. The van der Waals surface area contributed by atoms with Crippen molar-refractivity contribution in [3.05, 3.63) is 24.0 Å². The van der Waals surface area contributed by atoms with Crippen molar-refractivity contribution in [2.45, 2.75) is 58.2 Å². The fourth-order valence-corrected chi connectivity index (χ4v) is 2.75. The van der Waals surface area contributed by atoms with Crippen LogP contribution in [0.15, 0.2) is 18.3 Å². The minimum absolute atomic E-state index is 0.158. The number of piperidine rings is 1. The van der Waals surface area contributed by atoms with Crippen molar-refractivity contribution in [1.82, 2.24) is 15.2 Å². The first kappa shape index (κ1) is 15.9. The topological polar surface area (TPSA) is 57.4 Å². The molecule has 5 heteroatoms.